The van der Waals surface area contributed by atoms with Crippen molar-refractivity contribution in [1.29, 1.82) is 0 Å². The molecule has 5 heteroatoms. The summed E-state index contributed by atoms with van der Waals surface area (Å²) in [5.41, 5.74) is 1.59. The zero-order chi connectivity index (χ0) is 12.5. The number of hydrogen-bond acceptors (Lipinski definition) is 3. The molecule has 0 bridgehead atoms. The van der Waals surface area contributed by atoms with Gasteiger partial charge in [0.1, 0.15) is 0 Å². The van der Waals surface area contributed by atoms with Crippen LogP contribution in [0.25, 0.3) is 0 Å². The summed E-state index contributed by atoms with van der Waals surface area (Å²) in [6, 6.07) is 7.00. The predicted molar refractivity (Wildman–Crippen MR) is 65.7 cm³/mol. The van der Waals surface area contributed by atoms with Crippen LogP contribution >= 0.6 is 0 Å². The quantitative estimate of drug-likeness (QED) is 0.852. The molecule has 2 rings (SSSR count). The van der Waals surface area contributed by atoms with Crippen molar-refractivity contribution in [1.82, 2.24) is 5.32 Å². The summed E-state index contributed by atoms with van der Waals surface area (Å²) in [5.74, 6) is 0.0341. The Morgan fingerprint density at radius 2 is 2.18 bits per heavy atom. The van der Waals surface area contributed by atoms with Gasteiger partial charge in [0.2, 0.25) is 0 Å². The Bertz CT molecular complexity index is 536. The van der Waals surface area contributed by atoms with E-state index in [1.165, 1.54) is 0 Å². The van der Waals surface area contributed by atoms with Gasteiger partial charge in [-0.2, -0.15) is 0 Å². The molecule has 1 N–H and O–H groups in total. The normalized spacial score (nSPS) is 22.3. The molecule has 1 aromatic rings. The number of benzene rings is 1. The second kappa shape index (κ2) is 4.49. The summed E-state index contributed by atoms with van der Waals surface area (Å²) < 4.78 is 22.5. The fraction of sp³-hybridized carbons (Fsp3) is 0.417. The second-order valence-corrected chi connectivity index (χ2v) is 6.67. The van der Waals surface area contributed by atoms with E-state index in [0.717, 1.165) is 5.56 Å². The maximum Gasteiger partial charge on any atom is 0.251 e. The van der Waals surface area contributed by atoms with Crippen LogP contribution in [-0.4, -0.2) is 31.9 Å². The van der Waals surface area contributed by atoms with Gasteiger partial charge in [-0.15, -0.1) is 0 Å². The molecule has 0 aliphatic carbocycles. The molecule has 1 aliphatic heterocycles. The third kappa shape index (κ3) is 3.06. The van der Waals surface area contributed by atoms with Crippen molar-refractivity contribution < 1.29 is 13.2 Å². The Morgan fingerprint density at radius 3 is 2.76 bits per heavy atom. The summed E-state index contributed by atoms with van der Waals surface area (Å²) in [6.07, 6.45) is 0.514. The van der Waals surface area contributed by atoms with Gasteiger partial charge in [0, 0.05) is 11.6 Å². The standard InChI is InChI=1S/C12H15NO3S/c1-9-3-2-4-10(7-9)12(14)13-11-5-6-17(15,16)8-11/h2-4,7,11H,5-6,8H2,1H3,(H,13,14)/t11-/m0/s1. The van der Waals surface area contributed by atoms with Crippen LogP contribution in [0, 0.1) is 6.92 Å². The first-order valence-electron chi connectivity index (χ1n) is 5.54. The largest absolute Gasteiger partial charge is 0.348 e. The van der Waals surface area contributed by atoms with Crippen LogP contribution in [0.3, 0.4) is 0 Å². The first-order chi connectivity index (χ1) is 7.96. The van der Waals surface area contributed by atoms with E-state index in [4.69, 9.17) is 0 Å². The summed E-state index contributed by atoms with van der Waals surface area (Å²) in [7, 11) is -2.95. The molecule has 1 aromatic carbocycles. The van der Waals surface area contributed by atoms with E-state index in [0.29, 0.717) is 12.0 Å². The maximum atomic E-state index is 11.9. The Kier molecular flexibility index (Phi) is 3.19. The summed E-state index contributed by atoms with van der Waals surface area (Å²) in [5, 5.41) is 2.76. The topological polar surface area (TPSA) is 63.2 Å². The minimum atomic E-state index is -2.95. The molecule has 1 saturated heterocycles. The lowest BCUT2D eigenvalue weighted by molar-refractivity contribution is 0.0941. The average molecular weight is 253 g/mol. The number of nitrogens with one attached hydrogen (secondary N) is 1. The number of amides is 1. The molecule has 1 amide bonds. The molecule has 1 fully saturated rings. The lowest BCUT2D eigenvalue weighted by Gasteiger charge is -2.10. The van der Waals surface area contributed by atoms with Gasteiger partial charge in [-0.3, -0.25) is 4.79 Å². The molecule has 1 heterocycles. The van der Waals surface area contributed by atoms with Crippen molar-refractivity contribution in [3.05, 3.63) is 35.4 Å². The zero-order valence-corrected chi connectivity index (χ0v) is 10.5. The van der Waals surface area contributed by atoms with E-state index in [2.05, 4.69) is 5.32 Å². The highest BCUT2D eigenvalue weighted by Crippen LogP contribution is 2.12. The Balaban J connectivity index is 2.03. The lowest BCUT2D eigenvalue weighted by atomic mass is 10.1. The van der Waals surface area contributed by atoms with Gasteiger partial charge >= 0.3 is 0 Å². The fourth-order valence-electron chi connectivity index (χ4n) is 1.96. The number of aryl methyl sites for hydroxylation is 1. The number of carbonyl (C=O) groups is 1. The fourth-order valence-corrected chi connectivity index (χ4v) is 3.64. The molecule has 4 nitrogen and oxygen atoms in total. The summed E-state index contributed by atoms with van der Waals surface area (Å²) in [4.78, 5) is 11.9. The van der Waals surface area contributed by atoms with E-state index in [1.807, 2.05) is 19.1 Å². The first kappa shape index (κ1) is 12.1. The minimum absolute atomic E-state index is 0.0601. The number of hydrogen-bond donors (Lipinski definition) is 1. The molecule has 92 valence electrons. The van der Waals surface area contributed by atoms with Gasteiger partial charge in [0.15, 0.2) is 9.84 Å². The van der Waals surface area contributed by atoms with Crippen LogP contribution < -0.4 is 5.32 Å². The van der Waals surface area contributed by atoms with Crippen molar-refractivity contribution >= 4 is 15.7 Å². The van der Waals surface area contributed by atoms with E-state index < -0.39 is 9.84 Å². The molecule has 1 atom stereocenters. The van der Waals surface area contributed by atoms with E-state index in [1.54, 1.807) is 12.1 Å². The van der Waals surface area contributed by atoms with Gasteiger partial charge < -0.3 is 5.32 Å². The highest BCUT2D eigenvalue weighted by molar-refractivity contribution is 7.91. The van der Waals surface area contributed by atoms with Crippen LogP contribution in [0.2, 0.25) is 0 Å². The predicted octanol–water partition coefficient (Wildman–Crippen LogP) is 0.912. The molecule has 0 spiro atoms. The molecule has 0 aromatic heterocycles. The number of carbonyl (C=O) groups excluding carboxylic acids is 1. The average Bonchev–Trinajstić information content (AvgIpc) is 2.58. The van der Waals surface area contributed by atoms with E-state index in [9.17, 15) is 13.2 Å². The third-order valence-corrected chi connectivity index (χ3v) is 4.62. The molecule has 17 heavy (non-hydrogen) atoms. The van der Waals surface area contributed by atoms with Gasteiger partial charge in [-0.25, -0.2) is 8.42 Å². The van der Waals surface area contributed by atoms with Gasteiger partial charge in [-0.1, -0.05) is 17.7 Å². The molecule has 1 aliphatic rings. The van der Waals surface area contributed by atoms with Crippen molar-refractivity contribution in [3.8, 4) is 0 Å². The summed E-state index contributed by atoms with van der Waals surface area (Å²) in [6.45, 7) is 1.91. The monoisotopic (exact) mass is 253 g/mol. The molecular formula is C12H15NO3S. The Morgan fingerprint density at radius 1 is 1.41 bits per heavy atom. The zero-order valence-electron chi connectivity index (χ0n) is 9.64. The second-order valence-electron chi connectivity index (χ2n) is 4.44. The maximum absolute atomic E-state index is 11.9. The van der Waals surface area contributed by atoms with Crippen LogP contribution in [0.15, 0.2) is 24.3 Å². The van der Waals surface area contributed by atoms with Crippen LogP contribution in [0.4, 0.5) is 0 Å². The molecule has 0 saturated carbocycles. The highest BCUT2D eigenvalue weighted by atomic mass is 32.2. The smallest absolute Gasteiger partial charge is 0.251 e. The lowest BCUT2D eigenvalue weighted by Crippen LogP contribution is -2.35. The van der Waals surface area contributed by atoms with E-state index >= 15 is 0 Å². The Labute approximate surface area is 101 Å². The van der Waals surface area contributed by atoms with Crippen molar-refractivity contribution in [2.24, 2.45) is 0 Å². The van der Waals surface area contributed by atoms with Gasteiger partial charge in [-0.05, 0) is 25.5 Å². The van der Waals surface area contributed by atoms with Crippen molar-refractivity contribution in [3.63, 3.8) is 0 Å². The van der Waals surface area contributed by atoms with E-state index in [-0.39, 0.29) is 23.5 Å². The Hall–Kier alpha value is -1.36. The highest BCUT2D eigenvalue weighted by Gasteiger charge is 2.29. The molecule has 0 unspecified atom stereocenters. The number of sulfone groups is 1. The van der Waals surface area contributed by atoms with Gasteiger partial charge in [0.25, 0.3) is 5.91 Å². The van der Waals surface area contributed by atoms with Crippen molar-refractivity contribution in [2.45, 2.75) is 19.4 Å². The summed E-state index contributed by atoms with van der Waals surface area (Å²) >= 11 is 0. The first-order valence-corrected chi connectivity index (χ1v) is 7.36. The number of rotatable bonds is 2. The third-order valence-electron chi connectivity index (χ3n) is 2.85. The SMILES string of the molecule is Cc1cccc(C(=O)N[C@H]2CCS(=O)(=O)C2)c1. The minimum Gasteiger partial charge on any atom is -0.348 e. The molecular weight excluding hydrogens is 238 g/mol. The van der Waals surface area contributed by atoms with Crippen LogP contribution in [-0.2, 0) is 9.84 Å². The molecule has 0 radical (unpaired) electrons. The van der Waals surface area contributed by atoms with Crippen LogP contribution in [0.5, 0.6) is 0 Å². The van der Waals surface area contributed by atoms with Crippen molar-refractivity contribution in [2.75, 3.05) is 11.5 Å². The van der Waals surface area contributed by atoms with Crippen LogP contribution in [0.1, 0.15) is 22.3 Å². The van der Waals surface area contributed by atoms with Gasteiger partial charge in [0.05, 0.1) is 11.5 Å².